The molecule has 0 unspecified atom stereocenters. The van der Waals surface area contributed by atoms with E-state index in [1.54, 1.807) is 0 Å². The molecule has 1 saturated carbocycles. The first-order valence-electron chi connectivity index (χ1n) is 10.1. The van der Waals surface area contributed by atoms with Crippen molar-refractivity contribution in [3.05, 3.63) is 34.9 Å². The number of amides is 1. The first kappa shape index (κ1) is 20.6. The largest absolute Gasteiger partial charge is 0.390 e. The predicted molar refractivity (Wildman–Crippen MR) is 108 cm³/mol. The number of primary amides is 1. The van der Waals surface area contributed by atoms with Crippen molar-refractivity contribution in [2.45, 2.75) is 57.2 Å². The maximum absolute atomic E-state index is 12.0. The molecule has 150 valence electrons. The Hall–Kier alpha value is -1.14. The zero-order valence-corrected chi connectivity index (χ0v) is 16.9. The zero-order valence-electron chi connectivity index (χ0n) is 16.1. The van der Waals surface area contributed by atoms with E-state index in [-0.39, 0.29) is 18.0 Å². The summed E-state index contributed by atoms with van der Waals surface area (Å²) in [4.78, 5) is 14.1. The Morgan fingerprint density at radius 2 is 1.96 bits per heavy atom. The van der Waals surface area contributed by atoms with Gasteiger partial charge in [-0.15, -0.1) is 0 Å². The number of aliphatic hydroxyl groups excluding tert-OH is 1. The van der Waals surface area contributed by atoms with Gasteiger partial charge in [0.25, 0.3) is 0 Å². The van der Waals surface area contributed by atoms with Crippen molar-refractivity contribution in [3.63, 3.8) is 0 Å². The molecule has 1 saturated heterocycles. The van der Waals surface area contributed by atoms with Crippen LogP contribution >= 0.6 is 11.6 Å². The molecule has 1 aliphatic carbocycles. The van der Waals surface area contributed by atoms with Gasteiger partial charge in [0, 0.05) is 30.7 Å². The van der Waals surface area contributed by atoms with Crippen molar-refractivity contribution in [3.8, 4) is 0 Å². The maximum Gasteiger partial charge on any atom is 0.234 e. The smallest absolute Gasteiger partial charge is 0.234 e. The number of carbonyl (C=O) groups excluding carboxylic acids is 1. The summed E-state index contributed by atoms with van der Waals surface area (Å²) in [7, 11) is 0. The molecular formula is C21H32ClN3O2. The number of rotatable bonds is 7. The number of nitrogens with zero attached hydrogens (tertiary/aromatic N) is 1. The Morgan fingerprint density at radius 1 is 1.30 bits per heavy atom. The normalized spacial score (nSPS) is 28.3. The Kier molecular flexibility index (Phi) is 7.15. The van der Waals surface area contributed by atoms with Crippen LogP contribution in [0.25, 0.3) is 0 Å². The molecule has 6 heteroatoms. The second kappa shape index (κ2) is 9.37. The van der Waals surface area contributed by atoms with Crippen molar-refractivity contribution < 1.29 is 9.90 Å². The third kappa shape index (κ3) is 5.44. The standard InChI is InChI=1S/C21H32ClN3O2/c1-14(15-6-8-18(22)9-7-15)24-11-19(26)13-25-12-17-5-3-2-4-16(17)10-20(25)21(23)27/h6-9,14,16-17,19-20,24,26H,2-5,10-13H2,1H3,(H2,23,27)/t14-,16-,17+,19+,20-/m0/s1. The number of β-amino-alcohol motifs (C(OH)–C–C–N with tert-alkyl or cyclic N) is 1. The number of piperidine rings is 1. The minimum atomic E-state index is -0.540. The third-order valence-corrected chi connectivity index (χ3v) is 6.56. The second-order valence-corrected chi connectivity index (χ2v) is 8.68. The number of halogens is 1. The van der Waals surface area contributed by atoms with Crippen molar-refractivity contribution >= 4 is 17.5 Å². The summed E-state index contributed by atoms with van der Waals surface area (Å²) in [6, 6.07) is 7.60. The van der Waals surface area contributed by atoms with Gasteiger partial charge in [0.15, 0.2) is 0 Å². The van der Waals surface area contributed by atoms with E-state index in [0.29, 0.717) is 24.9 Å². The molecule has 1 aliphatic heterocycles. The van der Waals surface area contributed by atoms with Crippen LogP contribution in [-0.2, 0) is 4.79 Å². The molecule has 4 N–H and O–H groups in total. The highest BCUT2D eigenvalue weighted by atomic mass is 35.5. The number of aliphatic hydroxyl groups is 1. The van der Waals surface area contributed by atoms with Crippen LogP contribution in [-0.4, -0.2) is 47.7 Å². The van der Waals surface area contributed by atoms with E-state index in [1.807, 2.05) is 24.3 Å². The summed E-state index contributed by atoms with van der Waals surface area (Å²) >= 11 is 5.94. The lowest BCUT2D eigenvalue weighted by molar-refractivity contribution is -0.127. The van der Waals surface area contributed by atoms with Gasteiger partial charge in [0.1, 0.15) is 0 Å². The minimum Gasteiger partial charge on any atom is -0.390 e. The average Bonchev–Trinajstić information content (AvgIpc) is 2.66. The Bertz CT molecular complexity index is 624. The summed E-state index contributed by atoms with van der Waals surface area (Å²) in [5.41, 5.74) is 6.81. The van der Waals surface area contributed by atoms with Crippen molar-refractivity contribution in [1.29, 1.82) is 0 Å². The molecular weight excluding hydrogens is 362 g/mol. The monoisotopic (exact) mass is 393 g/mol. The topological polar surface area (TPSA) is 78.6 Å². The van der Waals surface area contributed by atoms with E-state index in [4.69, 9.17) is 17.3 Å². The summed E-state index contributed by atoms with van der Waals surface area (Å²) in [6.07, 6.45) is 5.29. The van der Waals surface area contributed by atoms with E-state index in [0.717, 1.165) is 23.6 Å². The Balaban J connectivity index is 1.52. The number of fused-ring (bicyclic) bond motifs is 1. The molecule has 5 atom stereocenters. The van der Waals surface area contributed by atoms with Crippen LogP contribution in [0.5, 0.6) is 0 Å². The third-order valence-electron chi connectivity index (χ3n) is 6.31. The van der Waals surface area contributed by atoms with Gasteiger partial charge in [-0.25, -0.2) is 0 Å². The molecule has 3 rings (SSSR count). The molecule has 1 aromatic rings. The molecule has 2 aliphatic rings. The molecule has 1 amide bonds. The second-order valence-electron chi connectivity index (χ2n) is 8.25. The molecule has 1 heterocycles. The van der Waals surface area contributed by atoms with E-state index in [1.165, 1.54) is 25.7 Å². The first-order valence-corrected chi connectivity index (χ1v) is 10.5. The molecule has 27 heavy (non-hydrogen) atoms. The quantitative estimate of drug-likeness (QED) is 0.665. The summed E-state index contributed by atoms with van der Waals surface area (Å²) in [5.74, 6) is 1.00. The van der Waals surface area contributed by atoms with Crippen molar-refractivity contribution in [1.82, 2.24) is 10.2 Å². The van der Waals surface area contributed by atoms with E-state index in [2.05, 4.69) is 17.1 Å². The van der Waals surface area contributed by atoms with Gasteiger partial charge in [-0.2, -0.15) is 0 Å². The van der Waals surface area contributed by atoms with E-state index >= 15 is 0 Å². The van der Waals surface area contributed by atoms with Gasteiger partial charge in [0.2, 0.25) is 5.91 Å². The van der Waals surface area contributed by atoms with Crippen LogP contribution in [0.3, 0.4) is 0 Å². The fourth-order valence-electron chi connectivity index (χ4n) is 4.71. The van der Waals surface area contributed by atoms with Crippen LogP contribution in [0.1, 0.15) is 50.6 Å². The number of nitrogens with two attached hydrogens (primary N) is 1. The highest BCUT2D eigenvalue weighted by Gasteiger charge is 2.39. The van der Waals surface area contributed by atoms with Gasteiger partial charge < -0.3 is 16.2 Å². The summed E-state index contributed by atoms with van der Waals surface area (Å²) < 4.78 is 0. The number of benzene rings is 1. The van der Waals surface area contributed by atoms with Gasteiger partial charge in [0.05, 0.1) is 12.1 Å². The van der Waals surface area contributed by atoms with Crippen LogP contribution in [0.2, 0.25) is 5.02 Å². The lowest BCUT2D eigenvalue weighted by Gasteiger charge is -2.45. The fraction of sp³-hybridized carbons (Fsp3) is 0.667. The Morgan fingerprint density at radius 3 is 2.63 bits per heavy atom. The van der Waals surface area contributed by atoms with Crippen LogP contribution in [0.4, 0.5) is 0 Å². The number of likely N-dealkylation sites (tertiary alicyclic amines) is 1. The summed E-state index contributed by atoms with van der Waals surface area (Å²) in [5, 5.41) is 14.6. The molecule has 0 bridgehead atoms. The molecule has 1 aromatic carbocycles. The van der Waals surface area contributed by atoms with Crippen LogP contribution < -0.4 is 11.1 Å². The lowest BCUT2D eigenvalue weighted by Crippen LogP contribution is -2.56. The van der Waals surface area contributed by atoms with E-state index in [9.17, 15) is 9.90 Å². The van der Waals surface area contributed by atoms with Gasteiger partial charge >= 0.3 is 0 Å². The minimum absolute atomic E-state index is 0.118. The predicted octanol–water partition coefficient (Wildman–Crippen LogP) is 2.72. The first-order chi connectivity index (χ1) is 12.9. The average molecular weight is 394 g/mol. The molecule has 0 radical (unpaired) electrons. The SMILES string of the molecule is C[C@H](NC[C@@H](O)CN1C[C@H]2CCCC[C@H]2C[C@H]1C(N)=O)c1ccc(Cl)cc1. The lowest BCUT2D eigenvalue weighted by atomic mass is 9.72. The zero-order chi connectivity index (χ0) is 19.4. The number of hydrogen-bond donors (Lipinski definition) is 3. The number of hydrogen-bond acceptors (Lipinski definition) is 4. The number of carbonyl (C=O) groups is 1. The maximum atomic E-state index is 12.0. The van der Waals surface area contributed by atoms with Gasteiger partial charge in [-0.3, -0.25) is 9.69 Å². The van der Waals surface area contributed by atoms with Crippen molar-refractivity contribution in [2.24, 2.45) is 17.6 Å². The summed E-state index contributed by atoms with van der Waals surface area (Å²) in [6.45, 7) is 3.90. The fourth-order valence-corrected chi connectivity index (χ4v) is 4.84. The van der Waals surface area contributed by atoms with Crippen LogP contribution in [0, 0.1) is 11.8 Å². The molecule has 0 aromatic heterocycles. The van der Waals surface area contributed by atoms with Crippen LogP contribution in [0.15, 0.2) is 24.3 Å². The Labute approximate surface area is 167 Å². The molecule has 0 spiro atoms. The number of nitrogens with one attached hydrogen (secondary N) is 1. The van der Waals surface area contributed by atoms with E-state index < -0.39 is 6.10 Å². The van der Waals surface area contributed by atoms with Gasteiger partial charge in [-0.05, 0) is 49.3 Å². The highest BCUT2D eigenvalue weighted by Crippen LogP contribution is 2.38. The molecule has 2 fully saturated rings. The highest BCUT2D eigenvalue weighted by molar-refractivity contribution is 6.30. The van der Waals surface area contributed by atoms with Gasteiger partial charge in [-0.1, -0.05) is 43.0 Å². The molecule has 5 nitrogen and oxygen atoms in total. The van der Waals surface area contributed by atoms with Crippen molar-refractivity contribution in [2.75, 3.05) is 19.6 Å².